The summed E-state index contributed by atoms with van der Waals surface area (Å²) in [6.45, 7) is 1.59. The predicted molar refractivity (Wildman–Crippen MR) is 104 cm³/mol. The van der Waals surface area contributed by atoms with Crippen LogP contribution in [-0.4, -0.2) is 41.3 Å². The van der Waals surface area contributed by atoms with Gasteiger partial charge in [0.25, 0.3) is 0 Å². The molecule has 5 nitrogen and oxygen atoms in total. The first-order valence-corrected chi connectivity index (χ1v) is 10.6. The van der Waals surface area contributed by atoms with Gasteiger partial charge in [-0.2, -0.15) is 0 Å². The van der Waals surface area contributed by atoms with Crippen molar-refractivity contribution in [2.45, 2.75) is 109 Å². The molecule has 0 rings (SSSR count). The number of hydrogen-bond acceptors (Lipinski definition) is 5. The van der Waals surface area contributed by atoms with Crippen LogP contribution in [-0.2, 0) is 14.3 Å². The maximum atomic E-state index is 11.7. The summed E-state index contributed by atoms with van der Waals surface area (Å²) in [7, 11) is 0. The van der Waals surface area contributed by atoms with Gasteiger partial charge in [0.2, 0.25) is 0 Å². The van der Waals surface area contributed by atoms with Gasteiger partial charge in [-0.3, -0.25) is 9.59 Å². The van der Waals surface area contributed by atoms with Crippen molar-refractivity contribution in [3.63, 3.8) is 0 Å². The highest BCUT2D eigenvalue weighted by molar-refractivity contribution is 5.82. The number of ketones is 1. The average Bonchev–Trinajstić information content (AvgIpc) is 2.65. The van der Waals surface area contributed by atoms with Crippen LogP contribution in [0.25, 0.3) is 0 Å². The Labute approximate surface area is 159 Å². The van der Waals surface area contributed by atoms with Crippen LogP contribution in [0.4, 0.5) is 0 Å². The smallest absolute Gasteiger partial charge is 0.306 e. The van der Waals surface area contributed by atoms with Gasteiger partial charge in [-0.25, -0.2) is 0 Å². The first-order chi connectivity index (χ1) is 12.6. The highest BCUT2D eigenvalue weighted by Crippen LogP contribution is 2.13. The van der Waals surface area contributed by atoms with E-state index in [0.717, 1.165) is 12.8 Å². The molecular weight excluding hydrogens is 332 g/mol. The number of Topliss-reactive ketones (excluding diaryl/α,β-unsaturated/α-hetero) is 1. The predicted octanol–water partition coefficient (Wildman–Crippen LogP) is 4.32. The molecule has 0 aromatic carbocycles. The minimum Gasteiger partial charge on any atom is -0.463 e. The van der Waals surface area contributed by atoms with Crippen LogP contribution in [0, 0.1) is 0 Å². The standard InChI is InChI=1S/C21H40O5/c1-2-3-4-5-6-7-8-9-10-11-12-13-14-19(23)15-16-21(25)26-18-20(24)17-22/h20,22,24H,2-18H2,1H3. The Morgan fingerprint density at radius 2 is 1.27 bits per heavy atom. The first kappa shape index (κ1) is 25.1. The van der Waals surface area contributed by atoms with Crippen molar-refractivity contribution in [2.75, 3.05) is 13.2 Å². The van der Waals surface area contributed by atoms with E-state index in [9.17, 15) is 9.59 Å². The number of esters is 1. The van der Waals surface area contributed by atoms with Gasteiger partial charge in [0.05, 0.1) is 13.0 Å². The third kappa shape index (κ3) is 17.9. The zero-order valence-electron chi connectivity index (χ0n) is 16.7. The van der Waals surface area contributed by atoms with Gasteiger partial charge < -0.3 is 14.9 Å². The topological polar surface area (TPSA) is 83.8 Å². The number of aliphatic hydroxyl groups is 2. The second kappa shape index (κ2) is 18.8. The molecule has 0 radical (unpaired) electrons. The molecule has 0 aliphatic heterocycles. The van der Waals surface area contributed by atoms with E-state index in [0.29, 0.717) is 6.42 Å². The van der Waals surface area contributed by atoms with Crippen LogP contribution in [0.2, 0.25) is 0 Å². The van der Waals surface area contributed by atoms with Crippen molar-refractivity contribution in [3.05, 3.63) is 0 Å². The number of ether oxygens (including phenoxy) is 1. The van der Waals surface area contributed by atoms with E-state index in [-0.39, 0.29) is 25.2 Å². The summed E-state index contributed by atoms with van der Waals surface area (Å²) in [4.78, 5) is 23.1. The molecule has 0 aliphatic carbocycles. The second-order valence-electron chi connectivity index (χ2n) is 7.20. The molecule has 0 saturated heterocycles. The van der Waals surface area contributed by atoms with Gasteiger partial charge in [-0.1, -0.05) is 77.6 Å². The third-order valence-corrected chi connectivity index (χ3v) is 4.56. The molecule has 0 fully saturated rings. The quantitative estimate of drug-likeness (QED) is 0.260. The van der Waals surface area contributed by atoms with E-state index in [1.807, 2.05) is 0 Å². The number of unbranched alkanes of at least 4 members (excludes halogenated alkanes) is 11. The van der Waals surface area contributed by atoms with E-state index in [1.54, 1.807) is 0 Å². The van der Waals surface area contributed by atoms with Gasteiger partial charge in [-0.15, -0.1) is 0 Å². The normalized spacial score (nSPS) is 12.1. The summed E-state index contributed by atoms with van der Waals surface area (Å²) < 4.78 is 4.76. The average molecular weight is 373 g/mol. The Morgan fingerprint density at radius 1 is 0.769 bits per heavy atom. The van der Waals surface area contributed by atoms with Crippen molar-refractivity contribution >= 4 is 11.8 Å². The second-order valence-corrected chi connectivity index (χ2v) is 7.20. The molecule has 0 aromatic heterocycles. The molecule has 0 bridgehead atoms. The van der Waals surface area contributed by atoms with Crippen molar-refractivity contribution in [2.24, 2.45) is 0 Å². The lowest BCUT2D eigenvalue weighted by molar-refractivity contribution is -0.148. The van der Waals surface area contributed by atoms with E-state index < -0.39 is 18.7 Å². The number of carbonyl (C=O) groups is 2. The van der Waals surface area contributed by atoms with Crippen LogP contribution in [0.1, 0.15) is 103 Å². The Balaban J connectivity index is 3.32. The molecule has 0 spiro atoms. The lowest BCUT2D eigenvalue weighted by atomic mass is 10.0. The Bertz CT molecular complexity index is 343. The lowest BCUT2D eigenvalue weighted by Gasteiger charge is -2.08. The van der Waals surface area contributed by atoms with Gasteiger partial charge in [0.15, 0.2) is 0 Å². The molecule has 0 saturated carbocycles. The lowest BCUT2D eigenvalue weighted by Crippen LogP contribution is -2.22. The van der Waals surface area contributed by atoms with E-state index in [1.165, 1.54) is 64.2 Å². The molecule has 154 valence electrons. The molecule has 5 heteroatoms. The van der Waals surface area contributed by atoms with Crippen molar-refractivity contribution in [1.29, 1.82) is 0 Å². The maximum absolute atomic E-state index is 11.7. The van der Waals surface area contributed by atoms with Crippen LogP contribution in [0.5, 0.6) is 0 Å². The maximum Gasteiger partial charge on any atom is 0.306 e. The highest BCUT2D eigenvalue weighted by atomic mass is 16.5. The van der Waals surface area contributed by atoms with Crippen LogP contribution < -0.4 is 0 Å². The van der Waals surface area contributed by atoms with Gasteiger partial charge in [0.1, 0.15) is 18.5 Å². The number of carbonyl (C=O) groups excluding carboxylic acids is 2. The molecule has 1 unspecified atom stereocenters. The molecule has 2 N–H and O–H groups in total. The molecule has 0 amide bonds. The fraction of sp³-hybridized carbons (Fsp3) is 0.905. The Morgan fingerprint density at radius 3 is 1.77 bits per heavy atom. The summed E-state index contributed by atoms with van der Waals surface area (Å²) in [5, 5.41) is 17.7. The summed E-state index contributed by atoms with van der Waals surface area (Å²) in [6, 6.07) is 0. The number of rotatable bonds is 19. The van der Waals surface area contributed by atoms with E-state index >= 15 is 0 Å². The summed E-state index contributed by atoms with van der Waals surface area (Å²) in [6.07, 6.45) is 14.9. The minimum atomic E-state index is -1.05. The molecule has 0 aliphatic rings. The number of hydrogen-bond donors (Lipinski definition) is 2. The molecule has 0 aromatic rings. The third-order valence-electron chi connectivity index (χ3n) is 4.56. The largest absolute Gasteiger partial charge is 0.463 e. The minimum absolute atomic E-state index is 0.0508. The van der Waals surface area contributed by atoms with Crippen LogP contribution >= 0.6 is 0 Å². The van der Waals surface area contributed by atoms with Crippen LogP contribution in [0.15, 0.2) is 0 Å². The van der Waals surface area contributed by atoms with Gasteiger partial charge >= 0.3 is 5.97 Å². The number of aliphatic hydroxyl groups excluding tert-OH is 2. The Kier molecular flexibility index (Phi) is 18.2. The molecular formula is C21H40O5. The van der Waals surface area contributed by atoms with Crippen molar-refractivity contribution < 1.29 is 24.5 Å². The van der Waals surface area contributed by atoms with Crippen molar-refractivity contribution in [3.8, 4) is 0 Å². The van der Waals surface area contributed by atoms with Gasteiger partial charge in [0, 0.05) is 12.8 Å². The summed E-state index contributed by atoms with van der Waals surface area (Å²) >= 11 is 0. The first-order valence-electron chi connectivity index (χ1n) is 10.6. The molecule has 0 heterocycles. The van der Waals surface area contributed by atoms with Crippen molar-refractivity contribution in [1.82, 2.24) is 0 Å². The zero-order chi connectivity index (χ0) is 19.5. The fourth-order valence-electron chi connectivity index (χ4n) is 2.84. The molecule has 1 atom stereocenters. The summed E-state index contributed by atoms with van der Waals surface area (Å²) in [5.41, 5.74) is 0. The fourth-order valence-corrected chi connectivity index (χ4v) is 2.84. The van der Waals surface area contributed by atoms with E-state index in [2.05, 4.69) is 6.92 Å². The zero-order valence-corrected chi connectivity index (χ0v) is 16.7. The SMILES string of the molecule is CCCCCCCCCCCCCCC(=O)CCC(=O)OCC(O)CO. The van der Waals surface area contributed by atoms with E-state index in [4.69, 9.17) is 14.9 Å². The monoisotopic (exact) mass is 372 g/mol. The van der Waals surface area contributed by atoms with Gasteiger partial charge in [-0.05, 0) is 6.42 Å². The summed E-state index contributed by atoms with van der Waals surface area (Å²) in [5.74, 6) is -0.405. The Hall–Kier alpha value is -0.940. The highest BCUT2D eigenvalue weighted by Gasteiger charge is 2.10. The van der Waals surface area contributed by atoms with Crippen LogP contribution in [0.3, 0.4) is 0 Å². The molecule has 26 heavy (non-hydrogen) atoms.